The van der Waals surface area contributed by atoms with Crippen molar-refractivity contribution in [2.45, 2.75) is 18.9 Å². The summed E-state index contributed by atoms with van der Waals surface area (Å²) >= 11 is 0. The highest BCUT2D eigenvalue weighted by Gasteiger charge is 2.58. The van der Waals surface area contributed by atoms with E-state index >= 15 is 0 Å². The van der Waals surface area contributed by atoms with Gasteiger partial charge in [0.05, 0.1) is 31.1 Å². The van der Waals surface area contributed by atoms with Gasteiger partial charge in [0.2, 0.25) is 5.54 Å². The second-order valence-electron chi connectivity index (χ2n) is 8.65. The second-order valence-corrected chi connectivity index (χ2v) is 8.65. The van der Waals surface area contributed by atoms with Gasteiger partial charge in [0.25, 0.3) is 0 Å². The van der Waals surface area contributed by atoms with E-state index in [9.17, 15) is 19.5 Å². The van der Waals surface area contributed by atoms with E-state index in [0.29, 0.717) is 18.7 Å². The van der Waals surface area contributed by atoms with Gasteiger partial charge in [0, 0.05) is 29.2 Å². The number of para-hydroxylation sites is 1. The number of aromatic hydroxyl groups is 1. The molecule has 0 radical (unpaired) electrons. The molecule has 178 valence electrons. The molecule has 0 bridgehead atoms. The van der Waals surface area contributed by atoms with Crippen molar-refractivity contribution in [2.75, 3.05) is 20.8 Å². The van der Waals surface area contributed by atoms with Gasteiger partial charge in [-0.05, 0) is 43.2 Å². The minimum absolute atomic E-state index is 0.0441. The van der Waals surface area contributed by atoms with E-state index in [1.807, 2.05) is 31.2 Å². The van der Waals surface area contributed by atoms with Crippen molar-refractivity contribution in [1.82, 2.24) is 9.88 Å². The number of aromatic nitrogens is 1. The molecule has 2 N–H and O–H groups in total. The van der Waals surface area contributed by atoms with Crippen LogP contribution in [0.3, 0.4) is 0 Å². The van der Waals surface area contributed by atoms with E-state index in [1.54, 1.807) is 23.2 Å². The Morgan fingerprint density at radius 3 is 2.60 bits per heavy atom. The first kappa shape index (κ1) is 22.5. The number of H-pyrrole nitrogens is 1. The van der Waals surface area contributed by atoms with Gasteiger partial charge in [-0.15, -0.1) is 0 Å². The summed E-state index contributed by atoms with van der Waals surface area (Å²) in [6.07, 6.45) is 3.49. The molecule has 3 aromatic rings. The summed E-state index contributed by atoms with van der Waals surface area (Å²) in [5.74, 6) is -2.09. The van der Waals surface area contributed by atoms with Crippen molar-refractivity contribution in [2.24, 2.45) is 0 Å². The van der Waals surface area contributed by atoms with Gasteiger partial charge in [-0.25, -0.2) is 9.59 Å². The van der Waals surface area contributed by atoms with Crippen LogP contribution in [-0.4, -0.2) is 53.5 Å². The number of fused-ring (bicyclic) bond motifs is 5. The van der Waals surface area contributed by atoms with Gasteiger partial charge in [-0.2, -0.15) is 0 Å². The molecule has 8 nitrogen and oxygen atoms in total. The standard InChI is InChI=1S/C27H24N2O6/c1-15-8-9-22(30)19(12-15)23(31)16-13-20(25(32)34-2)27(26(33)35-3)24-18(10-11-29(27)14-16)17-6-4-5-7-21(17)28-24/h4-9,12-14,28,30H,10-11H2,1-3H3. The molecule has 3 heterocycles. The first-order valence-electron chi connectivity index (χ1n) is 11.1. The monoisotopic (exact) mass is 472 g/mol. The Morgan fingerprint density at radius 2 is 1.86 bits per heavy atom. The number of phenolic OH excluding ortho intramolecular Hbond substituents is 1. The molecule has 0 saturated carbocycles. The predicted molar refractivity (Wildman–Crippen MR) is 128 cm³/mol. The summed E-state index contributed by atoms with van der Waals surface area (Å²) in [5.41, 5.74) is 1.57. The number of methoxy groups -OCH3 is 2. The number of Topliss-reactive ketones (excluding diaryl/α,β-unsaturated/α-hetero) is 1. The van der Waals surface area contributed by atoms with Crippen molar-refractivity contribution >= 4 is 28.6 Å². The number of aromatic amines is 1. The number of nitrogens with zero attached hydrogens (tertiary/aromatic N) is 1. The quantitative estimate of drug-likeness (QED) is 0.443. The average molecular weight is 472 g/mol. The first-order valence-corrected chi connectivity index (χ1v) is 11.1. The molecule has 8 heteroatoms. The van der Waals surface area contributed by atoms with Crippen molar-refractivity contribution in [3.8, 4) is 5.75 Å². The summed E-state index contributed by atoms with van der Waals surface area (Å²) in [7, 11) is 2.48. The van der Waals surface area contributed by atoms with E-state index in [-0.39, 0.29) is 22.5 Å². The largest absolute Gasteiger partial charge is 0.507 e. The van der Waals surface area contributed by atoms with Crippen molar-refractivity contribution in [3.63, 3.8) is 0 Å². The molecule has 0 saturated heterocycles. The highest BCUT2D eigenvalue weighted by Crippen LogP contribution is 2.47. The fraction of sp³-hybridized carbons (Fsp3) is 0.222. The number of nitrogens with one attached hydrogen (secondary N) is 1. The lowest BCUT2D eigenvalue weighted by Crippen LogP contribution is -2.58. The molecule has 5 rings (SSSR count). The van der Waals surface area contributed by atoms with Crippen LogP contribution in [0.2, 0.25) is 0 Å². The summed E-state index contributed by atoms with van der Waals surface area (Å²) in [6.45, 7) is 2.15. The third-order valence-corrected chi connectivity index (χ3v) is 6.74. The maximum atomic E-state index is 13.6. The maximum Gasteiger partial charge on any atom is 0.343 e. The predicted octanol–water partition coefficient (Wildman–Crippen LogP) is 3.29. The number of aryl methyl sites for hydroxylation is 1. The number of carbonyl (C=O) groups is 3. The fourth-order valence-corrected chi connectivity index (χ4v) is 5.13. The molecule has 2 aromatic carbocycles. The molecule has 0 amide bonds. The number of ether oxygens (including phenoxy) is 2. The highest BCUT2D eigenvalue weighted by atomic mass is 16.5. The molecular formula is C27H24N2O6. The average Bonchev–Trinajstić information content (AvgIpc) is 3.27. The van der Waals surface area contributed by atoms with E-state index < -0.39 is 23.3 Å². The molecule has 1 atom stereocenters. The van der Waals surface area contributed by atoms with Gasteiger partial charge in [0.1, 0.15) is 5.75 Å². The smallest absolute Gasteiger partial charge is 0.343 e. The zero-order chi connectivity index (χ0) is 24.9. The van der Waals surface area contributed by atoms with E-state index in [4.69, 9.17) is 9.47 Å². The molecular weight excluding hydrogens is 448 g/mol. The third-order valence-electron chi connectivity index (χ3n) is 6.74. The Hall–Kier alpha value is -4.33. The van der Waals surface area contributed by atoms with E-state index in [1.165, 1.54) is 26.4 Å². The number of carbonyl (C=O) groups excluding carboxylic acids is 3. The zero-order valence-corrected chi connectivity index (χ0v) is 19.5. The number of allylic oxidation sites excluding steroid dienone is 2. The lowest BCUT2D eigenvalue weighted by Gasteiger charge is -2.46. The molecule has 0 aliphatic carbocycles. The lowest BCUT2D eigenvalue weighted by molar-refractivity contribution is -0.156. The molecule has 0 spiro atoms. The van der Waals surface area contributed by atoms with Gasteiger partial charge >= 0.3 is 11.9 Å². The van der Waals surface area contributed by atoms with Crippen LogP contribution in [0.15, 0.2) is 65.9 Å². The molecule has 2 aliphatic heterocycles. The molecule has 2 aliphatic rings. The van der Waals surface area contributed by atoms with Gasteiger partial charge < -0.3 is 24.5 Å². The Morgan fingerprint density at radius 1 is 1.09 bits per heavy atom. The van der Waals surface area contributed by atoms with Crippen LogP contribution >= 0.6 is 0 Å². The Balaban J connectivity index is 1.76. The normalized spacial score (nSPS) is 18.8. The topological polar surface area (TPSA) is 109 Å². The lowest BCUT2D eigenvalue weighted by atomic mass is 9.75. The Kier molecular flexibility index (Phi) is 5.24. The molecule has 1 unspecified atom stereocenters. The van der Waals surface area contributed by atoms with Crippen LogP contribution in [-0.2, 0) is 31.0 Å². The van der Waals surface area contributed by atoms with Crippen LogP contribution in [0.4, 0.5) is 0 Å². The summed E-state index contributed by atoms with van der Waals surface area (Å²) in [5, 5.41) is 11.3. The number of phenols is 1. The summed E-state index contributed by atoms with van der Waals surface area (Å²) < 4.78 is 10.3. The zero-order valence-electron chi connectivity index (χ0n) is 19.5. The number of ketones is 1. The number of rotatable bonds is 4. The Bertz CT molecular complexity index is 1460. The highest BCUT2D eigenvalue weighted by molar-refractivity contribution is 6.15. The summed E-state index contributed by atoms with van der Waals surface area (Å²) in [4.78, 5) is 45.2. The molecule has 0 fully saturated rings. The Labute approximate surface area is 201 Å². The number of hydrogen-bond acceptors (Lipinski definition) is 7. The maximum absolute atomic E-state index is 13.6. The second kappa shape index (κ2) is 8.16. The first-order chi connectivity index (χ1) is 16.8. The van der Waals surface area contributed by atoms with Crippen LogP contribution in [0.1, 0.15) is 27.2 Å². The van der Waals surface area contributed by atoms with Crippen molar-refractivity contribution in [1.29, 1.82) is 0 Å². The third kappa shape index (κ3) is 3.17. The van der Waals surface area contributed by atoms with Gasteiger partial charge in [-0.1, -0.05) is 29.8 Å². The van der Waals surface area contributed by atoms with Gasteiger partial charge in [-0.3, -0.25) is 4.79 Å². The minimum atomic E-state index is -1.66. The van der Waals surface area contributed by atoms with Gasteiger partial charge in [0.15, 0.2) is 5.78 Å². The SMILES string of the molecule is COC(=O)C1=CC(C(=O)c2cc(C)ccc2O)=CN2CCc3c([nH]c4ccccc34)C12C(=O)OC. The number of esters is 2. The molecule has 35 heavy (non-hydrogen) atoms. The van der Waals surface area contributed by atoms with Crippen LogP contribution in [0, 0.1) is 6.92 Å². The number of hydrogen-bond donors (Lipinski definition) is 2. The van der Waals surface area contributed by atoms with E-state index in [0.717, 1.165) is 22.0 Å². The van der Waals surface area contributed by atoms with Crippen LogP contribution in [0.25, 0.3) is 10.9 Å². The van der Waals surface area contributed by atoms with Crippen molar-refractivity contribution < 1.29 is 29.0 Å². The van der Waals surface area contributed by atoms with Crippen molar-refractivity contribution in [3.05, 3.63) is 88.3 Å². The van der Waals surface area contributed by atoms with Crippen LogP contribution in [0.5, 0.6) is 5.75 Å². The minimum Gasteiger partial charge on any atom is -0.507 e. The van der Waals surface area contributed by atoms with Crippen LogP contribution < -0.4 is 0 Å². The fourth-order valence-electron chi connectivity index (χ4n) is 5.13. The van der Waals surface area contributed by atoms with E-state index in [2.05, 4.69) is 4.98 Å². The number of benzene rings is 2. The summed E-state index contributed by atoms with van der Waals surface area (Å²) in [6, 6.07) is 12.4. The molecule has 1 aromatic heterocycles.